The molecule has 0 bridgehead atoms. The second-order valence-corrected chi connectivity index (χ2v) is 4.95. The molecule has 4 nitrogen and oxygen atoms in total. The van der Waals surface area contributed by atoms with Crippen LogP contribution in [-0.2, 0) is 6.54 Å². The zero-order valence-electron chi connectivity index (χ0n) is 10.8. The second kappa shape index (κ2) is 5.78. The molecule has 0 unspecified atom stereocenters. The van der Waals surface area contributed by atoms with E-state index in [1.165, 1.54) is 7.11 Å². The van der Waals surface area contributed by atoms with Crippen LogP contribution in [0.3, 0.4) is 0 Å². The molecule has 1 aliphatic heterocycles. The maximum absolute atomic E-state index is 10.2. The van der Waals surface area contributed by atoms with E-state index in [9.17, 15) is 5.11 Å². The fraction of sp³-hybridized carbons (Fsp3) is 0.538. The molecule has 5 heteroatoms. The quantitative estimate of drug-likeness (QED) is 0.879. The Hall–Kier alpha value is -0.970. The maximum atomic E-state index is 10.2. The van der Waals surface area contributed by atoms with Gasteiger partial charge in [-0.05, 0) is 12.5 Å². The van der Waals surface area contributed by atoms with Gasteiger partial charge >= 0.3 is 0 Å². The monoisotopic (exact) mass is 270 g/mol. The van der Waals surface area contributed by atoms with Gasteiger partial charge in [0.05, 0.1) is 7.11 Å². The van der Waals surface area contributed by atoms with Crippen LogP contribution in [0.2, 0.25) is 5.02 Å². The molecule has 100 valence electrons. The van der Waals surface area contributed by atoms with Crippen molar-refractivity contribution in [2.24, 2.45) is 0 Å². The van der Waals surface area contributed by atoms with E-state index in [4.69, 9.17) is 16.3 Å². The summed E-state index contributed by atoms with van der Waals surface area (Å²) in [6.45, 7) is 6.56. The van der Waals surface area contributed by atoms with Gasteiger partial charge in [0, 0.05) is 49.4 Å². The summed E-state index contributed by atoms with van der Waals surface area (Å²) in [6, 6.07) is 1.66. The number of methoxy groups -OCH3 is 1. The Kier molecular flexibility index (Phi) is 4.32. The fourth-order valence-corrected chi connectivity index (χ4v) is 2.42. The number of ether oxygens (including phenoxy) is 1. The number of hydrogen-bond acceptors (Lipinski definition) is 4. The van der Waals surface area contributed by atoms with Crippen molar-refractivity contribution >= 4 is 11.6 Å². The summed E-state index contributed by atoms with van der Waals surface area (Å²) in [5.74, 6) is 0.647. The number of hydrogen-bond donors (Lipinski definition) is 2. The molecule has 1 saturated heterocycles. The molecule has 2 N–H and O–H groups in total. The molecule has 2 rings (SSSR count). The van der Waals surface area contributed by atoms with Crippen LogP contribution < -0.4 is 10.1 Å². The van der Waals surface area contributed by atoms with E-state index in [2.05, 4.69) is 10.2 Å². The van der Waals surface area contributed by atoms with Crippen molar-refractivity contribution in [2.45, 2.75) is 13.5 Å². The van der Waals surface area contributed by atoms with E-state index >= 15 is 0 Å². The Morgan fingerprint density at radius 1 is 1.44 bits per heavy atom. The van der Waals surface area contributed by atoms with E-state index < -0.39 is 0 Å². The number of phenols is 1. The Bertz CT molecular complexity index is 431. The molecule has 18 heavy (non-hydrogen) atoms. The van der Waals surface area contributed by atoms with Gasteiger partial charge in [-0.25, -0.2) is 0 Å². The standard InChI is InChI=1S/C13H19ClN2O2/c1-9-10(8-16-5-3-15-4-6-16)13(17)12(18-2)7-11(9)14/h7,15,17H,3-6,8H2,1-2H3. The van der Waals surface area contributed by atoms with Gasteiger partial charge in [-0.2, -0.15) is 0 Å². The lowest BCUT2D eigenvalue weighted by Crippen LogP contribution is -2.43. The van der Waals surface area contributed by atoms with E-state index in [0.29, 0.717) is 17.3 Å². The third kappa shape index (κ3) is 2.71. The van der Waals surface area contributed by atoms with Crippen molar-refractivity contribution in [2.75, 3.05) is 33.3 Å². The number of phenolic OH excluding ortho intramolecular Hbond substituents is 1. The molecule has 1 fully saturated rings. The zero-order valence-corrected chi connectivity index (χ0v) is 11.5. The van der Waals surface area contributed by atoms with Crippen molar-refractivity contribution in [1.82, 2.24) is 10.2 Å². The molecule has 1 aromatic rings. The summed E-state index contributed by atoms with van der Waals surface area (Å²) < 4.78 is 5.15. The summed E-state index contributed by atoms with van der Waals surface area (Å²) in [5, 5.41) is 14.1. The molecule has 1 heterocycles. The highest BCUT2D eigenvalue weighted by Crippen LogP contribution is 2.37. The summed E-state index contributed by atoms with van der Waals surface area (Å²) >= 11 is 6.17. The zero-order chi connectivity index (χ0) is 13.1. The van der Waals surface area contributed by atoms with Crippen molar-refractivity contribution in [1.29, 1.82) is 0 Å². The Balaban J connectivity index is 2.27. The summed E-state index contributed by atoms with van der Waals surface area (Å²) in [6.07, 6.45) is 0. The average molecular weight is 271 g/mol. The molecule has 0 aromatic heterocycles. The highest BCUT2D eigenvalue weighted by atomic mass is 35.5. The summed E-state index contributed by atoms with van der Waals surface area (Å²) in [7, 11) is 1.54. The molecule has 0 saturated carbocycles. The first kappa shape index (κ1) is 13.5. The maximum Gasteiger partial charge on any atom is 0.162 e. The number of rotatable bonds is 3. The normalized spacial score (nSPS) is 16.8. The molecule has 0 amide bonds. The smallest absolute Gasteiger partial charge is 0.162 e. The average Bonchev–Trinajstić information content (AvgIpc) is 2.40. The minimum absolute atomic E-state index is 0.206. The molecule has 1 aromatic carbocycles. The van der Waals surface area contributed by atoms with Gasteiger partial charge in [0.15, 0.2) is 11.5 Å². The number of aromatic hydroxyl groups is 1. The molecule has 0 radical (unpaired) electrons. The number of nitrogens with one attached hydrogen (secondary N) is 1. The SMILES string of the molecule is COc1cc(Cl)c(C)c(CN2CCNCC2)c1O. The number of nitrogens with zero attached hydrogens (tertiary/aromatic N) is 1. The topological polar surface area (TPSA) is 44.7 Å². The third-order valence-electron chi connectivity index (χ3n) is 3.40. The van der Waals surface area contributed by atoms with E-state index in [-0.39, 0.29) is 5.75 Å². The van der Waals surface area contributed by atoms with Crippen LogP contribution >= 0.6 is 11.6 Å². The minimum atomic E-state index is 0.206. The molecular weight excluding hydrogens is 252 g/mol. The first-order valence-electron chi connectivity index (χ1n) is 6.11. The molecule has 0 aliphatic carbocycles. The second-order valence-electron chi connectivity index (χ2n) is 4.54. The van der Waals surface area contributed by atoms with Gasteiger partial charge in [-0.15, -0.1) is 0 Å². The fourth-order valence-electron chi connectivity index (χ4n) is 2.20. The third-order valence-corrected chi connectivity index (χ3v) is 3.79. The minimum Gasteiger partial charge on any atom is -0.504 e. The molecule has 1 aliphatic rings. The van der Waals surface area contributed by atoms with Crippen LogP contribution in [0.15, 0.2) is 6.07 Å². The highest BCUT2D eigenvalue weighted by Gasteiger charge is 2.18. The lowest BCUT2D eigenvalue weighted by Gasteiger charge is -2.28. The highest BCUT2D eigenvalue weighted by molar-refractivity contribution is 6.31. The van der Waals surface area contributed by atoms with Crippen molar-refractivity contribution in [3.63, 3.8) is 0 Å². The summed E-state index contributed by atoms with van der Waals surface area (Å²) in [5.41, 5.74) is 1.79. The van der Waals surface area contributed by atoms with Crippen molar-refractivity contribution in [3.8, 4) is 11.5 Å². The van der Waals surface area contributed by atoms with Crippen LogP contribution in [0.1, 0.15) is 11.1 Å². The van der Waals surface area contributed by atoms with Gasteiger partial charge < -0.3 is 15.2 Å². The lowest BCUT2D eigenvalue weighted by molar-refractivity contribution is 0.229. The molecule has 0 atom stereocenters. The predicted octanol–water partition coefficient (Wildman–Crippen LogP) is 1.77. The van der Waals surface area contributed by atoms with Crippen LogP contribution in [0.25, 0.3) is 0 Å². The van der Waals surface area contributed by atoms with E-state index in [1.54, 1.807) is 6.07 Å². The van der Waals surface area contributed by atoms with Crippen molar-refractivity contribution in [3.05, 3.63) is 22.2 Å². The lowest BCUT2D eigenvalue weighted by atomic mass is 10.1. The van der Waals surface area contributed by atoms with Gasteiger partial charge in [0.2, 0.25) is 0 Å². The Morgan fingerprint density at radius 3 is 2.72 bits per heavy atom. The van der Waals surface area contributed by atoms with Crippen LogP contribution in [0.5, 0.6) is 11.5 Å². The van der Waals surface area contributed by atoms with Crippen LogP contribution in [0.4, 0.5) is 0 Å². The van der Waals surface area contributed by atoms with Crippen LogP contribution in [-0.4, -0.2) is 43.3 Å². The largest absolute Gasteiger partial charge is 0.504 e. The van der Waals surface area contributed by atoms with Crippen molar-refractivity contribution < 1.29 is 9.84 Å². The number of halogens is 1. The summed E-state index contributed by atoms with van der Waals surface area (Å²) in [4.78, 5) is 2.30. The molecular formula is C13H19ClN2O2. The number of benzene rings is 1. The van der Waals surface area contributed by atoms with Crippen LogP contribution in [0, 0.1) is 6.92 Å². The van der Waals surface area contributed by atoms with E-state index in [1.807, 2.05) is 6.92 Å². The predicted molar refractivity (Wildman–Crippen MR) is 72.6 cm³/mol. The van der Waals surface area contributed by atoms with Gasteiger partial charge in [0.1, 0.15) is 0 Å². The van der Waals surface area contributed by atoms with Gasteiger partial charge in [-0.1, -0.05) is 11.6 Å². The number of piperazine rings is 1. The molecule has 0 spiro atoms. The Labute approximate surface area is 113 Å². The first-order chi connectivity index (χ1) is 8.63. The Morgan fingerprint density at radius 2 is 2.11 bits per heavy atom. The first-order valence-corrected chi connectivity index (χ1v) is 6.49. The van der Waals surface area contributed by atoms with Gasteiger partial charge in [-0.3, -0.25) is 4.90 Å². The van der Waals surface area contributed by atoms with E-state index in [0.717, 1.165) is 37.3 Å². The van der Waals surface area contributed by atoms with Gasteiger partial charge in [0.25, 0.3) is 0 Å².